The number of aliphatic hydroxyl groups excluding tert-OH is 2. The van der Waals surface area contributed by atoms with Crippen molar-refractivity contribution in [1.29, 1.82) is 0 Å². The Morgan fingerprint density at radius 3 is 2.46 bits per heavy atom. The van der Waals surface area contributed by atoms with E-state index in [0.29, 0.717) is 17.7 Å². The van der Waals surface area contributed by atoms with Gasteiger partial charge in [-0.1, -0.05) is 54.6 Å². The van der Waals surface area contributed by atoms with Crippen LogP contribution in [-0.4, -0.2) is 82.9 Å². The number of nitrogens with two attached hydrogens (primary N) is 1. The van der Waals surface area contributed by atoms with E-state index in [-0.39, 0.29) is 31.2 Å². The van der Waals surface area contributed by atoms with E-state index < -0.39 is 30.6 Å². The fourth-order valence-electron chi connectivity index (χ4n) is 5.10. The van der Waals surface area contributed by atoms with Gasteiger partial charge in [0.05, 0.1) is 12.4 Å². The molecule has 0 aliphatic carbocycles. The number of fused-ring (bicyclic) bond motifs is 1. The number of benzene rings is 2. The molecule has 2 aliphatic heterocycles. The van der Waals surface area contributed by atoms with Gasteiger partial charge in [0, 0.05) is 13.1 Å². The first kappa shape index (κ1) is 24.9. The van der Waals surface area contributed by atoms with Gasteiger partial charge in [-0.05, 0) is 23.1 Å². The summed E-state index contributed by atoms with van der Waals surface area (Å²) in [6.07, 6.45) is -1.46. The lowest BCUT2D eigenvalue weighted by molar-refractivity contribution is -0.125. The molecule has 6 rings (SSSR count). The van der Waals surface area contributed by atoms with Gasteiger partial charge in [-0.15, -0.1) is 0 Å². The molecule has 0 spiro atoms. The summed E-state index contributed by atoms with van der Waals surface area (Å²) < 4.78 is 7.42. The Hall–Kier alpha value is -4.39. The van der Waals surface area contributed by atoms with Gasteiger partial charge in [0.1, 0.15) is 30.6 Å². The molecular formula is C27H27N7O5. The van der Waals surface area contributed by atoms with Crippen molar-refractivity contribution in [2.24, 2.45) is 0 Å². The van der Waals surface area contributed by atoms with Crippen molar-refractivity contribution in [1.82, 2.24) is 29.3 Å². The first-order valence-corrected chi connectivity index (χ1v) is 12.6. The largest absolute Gasteiger partial charge is 0.388 e. The van der Waals surface area contributed by atoms with E-state index in [1.54, 1.807) is 0 Å². The minimum Gasteiger partial charge on any atom is -0.388 e. The Morgan fingerprint density at radius 1 is 0.949 bits per heavy atom. The van der Waals surface area contributed by atoms with Gasteiger partial charge in [0.15, 0.2) is 17.7 Å². The molecule has 2 fully saturated rings. The molecule has 12 heteroatoms. The van der Waals surface area contributed by atoms with Crippen LogP contribution < -0.4 is 5.73 Å². The third-order valence-corrected chi connectivity index (χ3v) is 7.20. The predicted molar refractivity (Wildman–Crippen MR) is 140 cm³/mol. The molecule has 0 radical (unpaired) electrons. The molecule has 200 valence electrons. The second-order valence-corrected chi connectivity index (χ2v) is 9.66. The number of nitrogen functional groups attached to an aromatic ring is 1. The Bertz CT molecular complexity index is 1510. The highest BCUT2D eigenvalue weighted by Gasteiger charge is 2.45. The standard InChI is InChI=1S/C27H27N7O5/c28-24-21-25(30-14-29-24)34(15-31-21)26-23(37)22(36)19(39-26)10-11-33-20(35)13-32(27(33)38)12-16-6-8-18(9-7-16)17-4-2-1-3-5-17/h1-9,14-15,19,22-23,26,36-37H,10-13H2,(H2,28,29,30)/t19?,22?,23-,26-/m1/s1. The van der Waals surface area contributed by atoms with Crippen molar-refractivity contribution in [2.45, 2.75) is 37.5 Å². The zero-order valence-electron chi connectivity index (χ0n) is 20.9. The van der Waals surface area contributed by atoms with Gasteiger partial charge in [-0.25, -0.2) is 19.7 Å². The molecule has 4 atom stereocenters. The maximum atomic E-state index is 13.0. The zero-order valence-corrected chi connectivity index (χ0v) is 20.9. The zero-order chi connectivity index (χ0) is 27.1. The minimum absolute atomic E-state index is 0.0270. The first-order valence-electron chi connectivity index (χ1n) is 12.6. The smallest absolute Gasteiger partial charge is 0.327 e. The summed E-state index contributed by atoms with van der Waals surface area (Å²) in [4.78, 5) is 40.6. The molecule has 2 saturated heterocycles. The quantitative estimate of drug-likeness (QED) is 0.302. The van der Waals surface area contributed by atoms with Crippen LogP contribution in [0.25, 0.3) is 22.3 Å². The average molecular weight is 530 g/mol. The summed E-state index contributed by atoms with van der Waals surface area (Å²) in [6.45, 7) is 0.320. The van der Waals surface area contributed by atoms with Crippen molar-refractivity contribution in [3.8, 4) is 11.1 Å². The first-order chi connectivity index (χ1) is 18.9. The maximum Gasteiger partial charge on any atom is 0.327 e. The molecule has 2 aromatic heterocycles. The summed E-state index contributed by atoms with van der Waals surface area (Å²) in [5.74, 6) is -0.135. The van der Waals surface area contributed by atoms with Crippen LogP contribution in [0.15, 0.2) is 67.3 Å². The summed E-state index contributed by atoms with van der Waals surface area (Å²) in [7, 11) is 0. The second-order valence-electron chi connectivity index (χ2n) is 9.66. The SMILES string of the molecule is Nc1ncnc2c1ncn2[C@@H]1OC(CCN2C(=O)CN(Cc3ccc(-c4ccccc4)cc3)C2=O)C(O)[C@H]1O. The lowest BCUT2D eigenvalue weighted by Gasteiger charge is -2.20. The highest BCUT2D eigenvalue weighted by molar-refractivity contribution is 6.01. The van der Waals surface area contributed by atoms with E-state index in [0.717, 1.165) is 21.6 Å². The molecule has 4 heterocycles. The third-order valence-electron chi connectivity index (χ3n) is 7.20. The van der Waals surface area contributed by atoms with Crippen molar-refractivity contribution in [3.63, 3.8) is 0 Å². The number of rotatable bonds is 7. The summed E-state index contributed by atoms with van der Waals surface area (Å²) in [5, 5.41) is 21.3. The number of ether oxygens (including phenoxy) is 1. The normalized spacial score (nSPS) is 23.3. The molecule has 4 aromatic rings. The van der Waals surface area contributed by atoms with Crippen LogP contribution in [0.1, 0.15) is 18.2 Å². The van der Waals surface area contributed by atoms with Crippen LogP contribution >= 0.6 is 0 Å². The maximum absolute atomic E-state index is 13.0. The molecule has 0 saturated carbocycles. The van der Waals surface area contributed by atoms with Crippen LogP contribution in [0.4, 0.5) is 10.6 Å². The molecule has 3 amide bonds. The number of urea groups is 1. The van der Waals surface area contributed by atoms with E-state index in [9.17, 15) is 19.8 Å². The van der Waals surface area contributed by atoms with Crippen molar-refractivity contribution in [2.75, 3.05) is 18.8 Å². The van der Waals surface area contributed by atoms with Crippen LogP contribution in [0.3, 0.4) is 0 Å². The summed E-state index contributed by atoms with van der Waals surface area (Å²) >= 11 is 0. The van der Waals surface area contributed by atoms with Gasteiger partial charge in [-0.2, -0.15) is 0 Å². The highest BCUT2D eigenvalue weighted by Crippen LogP contribution is 2.33. The van der Waals surface area contributed by atoms with Gasteiger partial charge < -0.3 is 25.6 Å². The summed E-state index contributed by atoms with van der Waals surface area (Å²) in [6, 6.07) is 17.5. The van der Waals surface area contributed by atoms with Crippen LogP contribution in [0.2, 0.25) is 0 Å². The number of imidazole rings is 1. The Kier molecular flexibility index (Phi) is 6.43. The van der Waals surface area contributed by atoms with E-state index in [2.05, 4.69) is 15.0 Å². The molecule has 0 bridgehead atoms. The number of aliphatic hydroxyl groups is 2. The van der Waals surface area contributed by atoms with Crippen LogP contribution in [0, 0.1) is 0 Å². The second kappa shape index (κ2) is 10.1. The van der Waals surface area contributed by atoms with Gasteiger partial charge >= 0.3 is 6.03 Å². The van der Waals surface area contributed by atoms with E-state index in [4.69, 9.17) is 10.5 Å². The fourth-order valence-corrected chi connectivity index (χ4v) is 5.10. The number of anilines is 1. The molecule has 39 heavy (non-hydrogen) atoms. The number of amides is 3. The van der Waals surface area contributed by atoms with E-state index in [1.165, 1.54) is 22.1 Å². The van der Waals surface area contributed by atoms with Crippen LogP contribution in [0.5, 0.6) is 0 Å². The number of aromatic nitrogens is 4. The Balaban J connectivity index is 1.08. The Morgan fingerprint density at radius 2 is 1.69 bits per heavy atom. The lowest BCUT2D eigenvalue weighted by Crippen LogP contribution is -2.37. The van der Waals surface area contributed by atoms with Crippen molar-refractivity contribution >= 4 is 28.9 Å². The number of carbonyl (C=O) groups is 2. The predicted octanol–water partition coefficient (Wildman–Crippen LogP) is 1.55. The number of imide groups is 1. The molecule has 12 nitrogen and oxygen atoms in total. The average Bonchev–Trinajstić information content (AvgIpc) is 3.58. The molecule has 2 unspecified atom stereocenters. The van der Waals surface area contributed by atoms with Gasteiger partial charge in [0.2, 0.25) is 5.91 Å². The summed E-state index contributed by atoms with van der Waals surface area (Å²) in [5.41, 5.74) is 9.64. The van der Waals surface area contributed by atoms with E-state index >= 15 is 0 Å². The van der Waals surface area contributed by atoms with Gasteiger partial charge in [-0.3, -0.25) is 14.3 Å². The molecular weight excluding hydrogens is 502 g/mol. The number of carbonyl (C=O) groups excluding carboxylic acids is 2. The third kappa shape index (κ3) is 4.58. The van der Waals surface area contributed by atoms with E-state index in [1.807, 2.05) is 54.6 Å². The van der Waals surface area contributed by atoms with Gasteiger partial charge in [0.25, 0.3) is 0 Å². The number of hydrogen-bond acceptors (Lipinski definition) is 9. The Labute approximate surface area is 223 Å². The topological polar surface area (TPSA) is 160 Å². The van der Waals surface area contributed by atoms with Crippen molar-refractivity contribution in [3.05, 3.63) is 72.8 Å². The van der Waals surface area contributed by atoms with Crippen LogP contribution in [-0.2, 0) is 16.1 Å². The number of nitrogens with zero attached hydrogens (tertiary/aromatic N) is 6. The highest BCUT2D eigenvalue weighted by atomic mass is 16.6. The molecule has 2 aromatic carbocycles. The minimum atomic E-state index is -1.27. The lowest BCUT2D eigenvalue weighted by atomic mass is 10.0. The molecule has 2 aliphatic rings. The van der Waals surface area contributed by atoms with Crippen molar-refractivity contribution < 1.29 is 24.5 Å². The fraction of sp³-hybridized carbons (Fsp3) is 0.296. The molecule has 4 N–H and O–H groups in total. The number of hydrogen-bond donors (Lipinski definition) is 3. The monoisotopic (exact) mass is 529 g/mol.